The Kier molecular flexibility index (Phi) is 6.36. The standard InChI is InChI=1S/C23H25N5O2S/c1-15-11-16(2)13-18(12-15)28(23(30)20-14-31-27-26-20)21(19-9-5-6-10-24-19)22(29)25-17-7-3-4-8-17/h5-6,9-14,17,21H,3-4,7-8H2,1-2H3,(H,25,29)/t21-/m0/s1. The van der Waals surface area contributed by atoms with E-state index in [1.807, 2.05) is 38.1 Å². The molecule has 0 unspecified atom stereocenters. The van der Waals surface area contributed by atoms with E-state index in [0.717, 1.165) is 48.3 Å². The number of nitrogens with zero attached hydrogens (tertiary/aromatic N) is 4. The highest BCUT2D eigenvalue weighted by Crippen LogP contribution is 2.31. The second kappa shape index (κ2) is 9.34. The lowest BCUT2D eigenvalue weighted by molar-refractivity contribution is -0.123. The molecule has 1 aromatic carbocycles. The fraction of sp³-hybridized carbons (Fsp3) is 0.348. The van der Waals surface area contributed by atoms with Gasteiger partial charge in [-0.15, -0.1) is 5.10 Å². The molecule has 8 heteroatoms. The predicted octanol–water partition coefficient (Wildman–Crippen LogP) is 4.00. The van der Waals surface area contributed by atoms with Gasteiger partial charge in [-0.1, -0.05) is 29.5 Å². The van der Waals surface area contributed by atoms with Gasteiger partial charge in [0.05, 0.1) is 5.69 Å². The molecule has 0 radical (unpaired) electrons. The highest BCUT2D eigenvalue weighted by atomic mass is 32.1. The Morgan fingerprint density at radius 1 is 1.13 bits per heavy atom. The topological polar surface area (TPSA) is 88.1 Å². The predicted molar refractivity (Wildman–Crippen MR) is 120 cm³/mol. The summed E-state index contributed by atoms with van der Waals surface area (Å²) in [4.78, 5) is 33.1. The number of hydrogen-bond acceptors (Lipinski definition) is 6. The molecule has 1 fully saturated rings. The molecule has 2 aromatic heterocycles. The number of pyridine rings is 1. The van der Waals surface area contributed by atoms with Gasteiger partial charge in [-0.05, 0) is 73.6 Å². The van der Waals surface area contributed by atoms with E-state index in [9.17, 15) is 9.59 Å². The largest absolute Gasteiger partial charge is 0.351 e. The van der Waals surface area contributed by atoms with Crippen molar-refractivity contribution < 1.29 is 9.59 Å². The van der Waals surface area contributed by atoms with Crippen LogP contribution in [-0.4, -0.2) is 32.4 Å². The molecule has 7 nitrogen and oxygen atoms in total. The third kappa shape index (κ3) is 4.80. The minimum Gasteiger partial charge on any atom is -0.351 e. The molecule has 2 heterocycles. The summed E-state index contributed by atoms with van der Waals surface area (Å²) in [6, 6.07) is 10.4. The molecule has 1 aliphatic carbocycles. The summed E-state index contributed by atoms with van der Waals surface area (Å²) >= 11 is 1.10. The normalized spacial score (nSPS) is 14.9. The quantitative estimate of drug-likeness (QED) is 0.632. The first kappa shape index (κ1) is 21.1. The first-order valence-electron chi connectivity index (χ1n) is 10.4. The Balaban J connectivity index is 1.82. The second-order valence-electron chi connectivity index (χ2n) is 7.96. The van der Waals surface area contributed by atoms with Gasteiger partial charge in [0.2, 0.25) is 5.91 Å². The van der Waals surface area contributed by atoms with Gasteiger partial charge in [-0.3, -0.25) is 19.5 Å². The van der Waals surface area contributed by atoms with Crippen molar-refractivity contribution in [2.45, 2.75) is 51.6 Å². The molecule has 0 aliphatic heterocycles. The number of nitrogens with one attached hydrogen (secondary N) is 1. The lowest BCUT2D eigenvalue weighted by atomic mass is 10.0. The number of aromatic nitrogens is 3. The fourth-order valence-electron chi connectivity index (χ4n) is 4.13. The fourth-order valence-corrected chi connectivity index (χ4v) is 4.56. The molecule has 1 aliphatic rings. The van der Waals surface area contributed by atoms with Gasteiger partial charge in [0.25, 0.3) is 5.91 Å². The van der Waals surface area contributed by atoms with Crippen LogP contribution in [-0.2, 0) is 4.79 Å². The number of amides is 2. The monoisotopic (exact) mass is 435 g/mol. The summed E-state index contributed by atoms with van der Waals surface area (Å²) < 4.78 is 3.84. The van der Waals surface area contributed by atoms with Gasteiger partial charge in [0.1, 0.15) is 0 Å². The second-order valence-corrected chi connectivity index (χ2v) is 8.57. The molecule has 2 amide bonds. The summed E-state index contributed by atoms with van der Waals surface area (Å²) in [6.07, 6.45) is 5.74. The van der Waals surface area contributed by atoms with Crippen LogP contribution < -0.4 is 10.2 Å². The van der Waals surface area contributed by atoms with Crippen LogP contribution in [0.5, 0.6) is 0 Å². The van der Waals surface area contributed by atoms with Crippen molar-refractivity contribution in [3.8, 4) is 0 Å². The van der Waals surface area contributed by atoms with Gasteiger partial charge in [0.15, 0.2) is 11.7 Å². The van der Waals surface area contributed by atoms with Gasteiger partial charge in [-0.2, -0.15) is 0 Å². The third-order valence-electron chi connectivity index (χ3n) is 5.46. The van der Waals surface area contributed by atoms with Gasteiger partial charge in [0, 0.05) is 23.3 Å². The summed E-state index contributed by atoms with van der Waals surface area (Å²) in [6.45, 7) is 3.94. The van der Waals surface area contributed by atoms with E-state index in [-0.39, 0.29) is 23.6 Å². The zero-order valence-corrected chi connectivity index (χ0v) is 18.4. The van der Waals surface area contributed by atoms with Crippen molar-refractivity contribution in [3.05, 3.63) is 70.5 Å². The van der Waals surface area contributed by atoms with Crippen LogP contribution in [0.4, 0.5) is 5.69 Å². The van der Waals surface area contributed by atoms with Gasteiger partial charge < -0.3 is 5.32 Å². The SMILES string of the molecule is Cc1cc(C)cc(N(C(=O)c2csnn2)[C@H](C(=O)NC2CCCC2)c2ccccn2)c1. The number of rotatable bonds is 6. The van der Waals surface area contributed by atoms with Crippen LogP contribution in [0.15, 0.2) is 48.0 Å². The van der Waals surface area contributed by atoms with Crippen molar-refractivity contribution in [2.75, 3.05) is 4.90 Å². The zero-order valence-electron chi connectivity index (χ0n) is 17.6. The maximum absolute atomic E-state index is 13.6. The average Bonchev–Trinajstić information content (AvgIpc) is 3.45. The van der Waals surface area contributed by atoms with Crippen LogP contribution in [0.2, 0.25) is 0 Å². The summed E-state index contributed by atoms with van der Waals surface area (Å²) in [5, 5.41) is 8.72. The Morgan fingerprint density at radius 3 is 2.48 bits per heavy atom. The Morgan fingerprint density at radius 2 is 1.87 bits per heavy atom. The van der Waals surface area contributed by atoms with E-state index in [1.54, 1.807) is 23.7 Å². The summed E-state index contributed by atoms with van der Waals surface area (Å²) in [5.41, 5.74) is 3.35. The Labute approximate surface area is 185 Å². The molecule has 0 bridgehead atoms. The van der Waals surface area contributed by atoms with Crippen LogP contribution in [0.25, 0.3) is 0 Å². The van der Waals surface area contributed by atoms with Crippen LogP contribution in [0.3, 0.4) is 0 Å². The highest BCUT2D eigenvalue weighted by Gasteiger charge is 2.36. The van der Waals surface area contributed by atoms with Crippen molar-refractivity contribution in [1.82, 2.24) is 19.9 Å². The molecule has 0 spiro atoms. The van der Waals surface area contributed by atoms with Crippen LogP contribution in [0.1, 0.15) is 59.0 Å². The molecule has 160 valence electrons. The Bertz CT molecular complexity index is 1030. The van der Waals surface area contributed by atoms with Crippen molar-refractivity contribution in [1.29, 1.82) is 0 Å². The van der Waals surface area contributed by atoms with E-state index < -0.39 is 6.04 Å². The maximum atomic E-state index is 13.6. The number of benzene rings is 1. The van der Waals surface area contributed by atoms with Crippen molar-refractivity contribution >= 4 is 29.0 Å². The number of aryl methyl sites for hydroxylation is 2. The smallest absolute Gasteiger partial charge is 0.280 e. The van der Waals surface area contributed by atoms with E-state index in [0.29, 0.717) is 11.4 Å². The molecule has 31 heavy (non-hydrogen) atoms. The number of carbonyl (C=O) groups excluding carboxylic acids is 2. The molecular weight excluding hydrogens is 410 g/mol. The molecule has 3 aromatic rings. The molecule has 1 saturated carbocycles. The van der Waals surface area contributed by atoms with Crippen LogP contribution >= 0.6 is 11.5 Å². The first-order valence-corrected chi connectivity index (χ1v) is 11.3. The minimum atomic E-state index is -0.919. The lowest BCUT2D eigenvalue weighted by Crippen LogP contribution is -2.47. The average molecular weight is 436 g/mol. The highest BCUT2D eigenvalue weighted by molar-refractivity contribution is 7.03. The number of anilines is 1. The Hall–Kier alpha value is -3.13. The molecular formula is C23H25N5O2S. The van der Waals surface area contributed by atoms with Gasteiger partial charge in [-0.25, -0.2) is 0 Å². The van der Waals surface area contributed by atoms with E-state index in [2.05, 4.69) is 19.9 Å². The molecule has 1 N–H and O–H groups in total. The van der Waals surface area contributed by atoms with E-state index >= 15 is 0 Å². The number of hydrogen-bond donors (Lipinski definition) is 1. The third-order valence-corrected chi connectivity index (χ3v) is 5.96. The molecule has 0 saturated heterocycles. The van der Waals surface area contributed by atoms with E-state index in [1.165, 1.54) is 4.90 Å². The van der Waals surface area contributed by atoms with Crippen molar-refractivity contribution in [2.24, 2.45) is 0 Å². The van der Waals surface area contributed by atoms with Crippen LogP contribution in [0, 0.1) is 13.8 Å². The lowest BCUT2D eigenvalue weighted by Gasteiger charge is -2.31. The number of carbonyl (C=O) groups is 2. The molecule has 1 atom stereocenters. The summed E-state index contributed by atoms with van der Waals surface area (Å²) in [7, 11) is 0. The molecule has 4 rings (SSSR count). The summed E-state index contributed by atoms with van der Waals surface area (Å²) in [5.74, 6) is -0.614. The first-order chi connectivity index (χ1) is 15.0. The van der Waals surface area contributed by atoms with Crippen molar-refractivity contribution in [3.63, 3.8) is 0 Å². The minimum absolute atomic E-state index is 0.121. The van der Waals surface area contributed by atoms with E-state index in [4.69, 9.17) is 0 Å². The zero-order chi connectivity index (χ0) is 21.8. The maximum Gasteiger partial charge on any atom is 0.280 e. The van der Waals surface area contributed by atoms with Gasteiger partial charge >= 0.3 is 0 Å².